The Morgan fingerprint density at radius 1 is 1.06 bits per heavy atom. The van der Waals surface area contributed by atoms with Crippen LogP contribution in [0.2, 0.25) is 0 Å². The summed E-state index contributed by atoms with van der Waals surface area (Å²) in [5, 5.41) is 32.4. The third kappa shape index (κ3) is 3.17. The smallest absolute Gasteiger partial charge is 0.140 e. The van der Waals surface area contributed by atoms with Gasteiger partial charge in [0, 0.05) is 35.5 Å². The Morgan fingerprint density at radius 2 is 1.69 bits per heavy atom. The second kappa shape index (κ2) is 7.74. The molecule has 4 aliphatic carbocycles. The van der Waals surface area contributed by atoms with E-state index in [0.29, 0.717) is 12.8 Å². The first-order valence-electron chi connectivity index (χ1n) is 13.9. The maximum Gasteiger partial charge on any atom is 0.140 e. The Morgan fingerprint density at radius 3 is 2.31 bits per heavy atom. The molecule has 1 aliphatic heterocycles. The molecule has 2 unspecified atom stereocenters. The number of carbonyl (C=O) groups excluding carboxylic acids is 2. The van der Waals surface area contributed by atoms with Crippen LogP contribution in [0.4, 0.5) is 0 Å². The van der Waals surface area contributed by atoms with Crippen LogP contribution in [0.1, 0.15) is 87.5 Å². The number of Topliss-reactive ketones (excluding diaryl/α,β-unsaturated/α-hetero) is 2. The van der Waals surface area contributed by atoms with Gasteiger partial charge in [-0.1, -0.05) is 53.2 Å². The van der Waals surface area contributed by atoms with E-state index in [2.05, 4.69) is 26.8 Å². The van der Waals surface area contributed by atoms with Gasteiger partial charge in [-0.15, -0.1) is 0 Å². The Balaban J connectivity index is 1.61. The fourth-order valence-electron chi connectivity index (χ4n) is 9.82. The molecule has 5 rings (SSSR count). The van der Waals surface area contributed by atoms with Crippen molar-refractivity contribution in [2.45, 2.75) is 118 Å². The van der Waals surface area contributed by atoms with E-state index in [-0.39, 0.29) is 53.2 Å². The summed E-state index contributed by atoms with van der Waals surface area (Å²) in [6.07, 6.45) is 2.23. The zero-order chi connectivity index (χ0) is 26.8. The predicted octanol–water partition coefficient (Wildman–Crippen LogP) is 3.85. The number of aliphatic hydroxyl groups excluding tert-OH is 2. The van der Waals surface area contributed by atoms with Crippen molar-refractivity contribution in [1.29, 1.82) is 0 Å². The summed E-state index contributed by atoms with van der Waals surface area (Å²) in [5.74, 6) is -0.0818. The minimum absolute atomic E-state index is 0.0432. The number of ether oxygens (including phenoxy) is 1. The largest absolute Gasteiger partial charge is 0.390 e. The summed E-state index contributed by atoms with van der Waals surface area (Å²) in [7, 11) is 0. The molecule has 6 nitrogen and oxygen atoms in total. The van der Waals surface area contributed by atoms with Gasteiger partial charge >= 0.3 is 0 Å². The van der Waals surface area contributed by atoms with Crippen LogP contribution < -0.4 is 0 Å². The molecule has 4 fully saturated rings. The number of carbonyl (C=O) groups is 2. The monoisotopic (exact) mass is 502 g/mol. The van der Waals surface area contributed by atoms with Gasteiger partial charge in [-0.05, 0) is 55.8 Å². The number of aliphatic hydroxyl groups is 3. The van der Waals surface area contributed by atoms with Gasteiger partial charge in [-0.25, -0.2) is 0 Å². The Bertz CT molecular complexity index is 1010. The molecule has 0 aromatic heterocycles. The molecule has 0 aromatic carbocycles. The van der Waals surface area contributed by atoms with Crippen molar-refractivity contribution < 1.29 is 29.6 Å². The molecule has 5 aliphatic rings. The highest BCUT2D eigenvalue weighted by atomic mass is 16.5. The third-order valence-electron chi connectivity index (χ3n) is 12.2. The van der Waals surface area contributed by atoms with Gasteiger partial charge in [0.25, 0.3) is 0 Å². The van der Waals surface area contributed by atoms with E-state index in [4.69, 9.17) is 4.74 Å². The van der Waals surface area contributed by atoms with Crippen molar-refractivity contribution in [2.75, 3.05) is 0 Å². The average molecular weight is 503 g/mol. The molecule has 0 spiro atoms. The van der Waals surface area contributed by atoms with E-state index >= 15 is 0 Å². The number of hydrogen-bond acceptors (Lipinski definition) is 6. The van der Waals surface area contributed by atoms with Crippen molar-refractivity contribution in [3.8, 4) is 0 Å². The lowest BCUT2D eigenvalue weighted by atomic mass is 9.38. The summed E-state index contributed by atoms with van der Waals surface area (Å²) in [4.78, 5) is 27.7. The lowest BCUT2D eigenvalue weighted by molar-refractivity contribution is -0.177. The van der Waals surface area contributed by atoms with Crippen LogP contribution in [-0.2, 0) is 14.3 Å². The van der Waals surface area contributed by atoms with E-state index in [9.17, 15) is 24.9 Å². The minimum atomic E-state index is -1.13. The van der Waals surface area contributed by atoms with Crippen LogP contribution in [0.3, 0.4) is 0 Å². The second-order valence-corrected chi connectivity index (χ2v) is 14.7. The molecule has 0 radical (unpaired) electrons. The molecule has 1 saturated heterocycles. The van der Waals surface area contributed by atoms with Crippen LogP contribution in [-0.4, -0.2) is 56.9 Å². The van der Waals surface area contributed by atoms with E-state index in [0.717, 1.165) is 18.4 Å². The normalized spacial score (nSPS) is 52.5. The number of allylic oxidation sites excluding steroid dienone is 1. The lowest BCUT2D eigenvalue weighted by Gasteiger charge is -2.64. The minimum Gasteiger partial charge on any atom is -0.390 e. The molecule has 1 heterocycles. The zero-order valence-electron chi connectivity index (χ0n) is 23.3. The summed E-state index contributed by atoms with van der Waals surface area (Å²) in [5.41, 5.74) is -1.93. The first-order chi connectivity index (χ1) is 16.4. The molecule has 11 atom stereocenters. The van der Waals surface area contributed by atoms with E-state index in [1.54, 1.807) is 13.8 Å². The number of fused-ring (bicyclic) bond motifs is 7. The molecule has 3 saturated carbocycles. The highest BCUT2D eigenvalue weighted by molar-refractivity contribution is 5.89. The summed E-state index contributed by atoms with van der Waals surface area (Å²) in [6.45, 7) is 16.0. The highest BCUT2D eigenvalue weighted by Gasteiger charge is 2.73. The topological polar surface area (TPSA) is 104 Å². The van der Waals surface area contributed by atoms with E-state index in [1.807, 2.05) is 20.8 Å². The maximum absolute atomic E-state index is 14.3. The maximum atomic E-state index is 14.3. The average Bonchev–Trinajstić information content (AvgIpc) is 2.88. The number of rotatable bonds is 1. The van der Waals surface area contributed by atoms with Crippen molar-refractivity contribution in [1.82, 2.24) is 0 Å². The second-order valence-electron chi connectivity index (χ2n) is 14.7. The lowest BCUT2D eigenvalue weighted by Crippen LogP contribution is -2.64. The first kappa shape index (κ1) is 26.5. The molecular formula is C30H46O6. The van der Waals surface area contributed by atoms with Crippen molar-refractivity contribution in [3.05, 3.63) is 11.6 Å². The van der Waals surface area contributed by atoms with Gasteiger partial charge in [0.05, 0.1) is 30.0 Å². The first-order valence-corrected chi connectivity index (χ1v) is 13.9. The standard InChI is InChI=1S/C30H46O6/c1-15-18(31)12-23(27(4,5)35)36-20-13-28(6)21-10-9-16-17(11-19(32)25(34)26(16,2)3)30(21,8)22(33)14-29(28,7)24(15)20/h9,15,17,19-21,23-25,32,34-35H,10-14H2,1-8H3/t15-,17+,19?,20-,21-,23-,24-,25+,28-,29?,30-/m0/s1. The van der Waals surface area contributed by atoms with Gasteiger partial charge in [-0.2, -0.15) is 0 Å². The Kier molecular flexibility index (Phi) is 5.70. The van der Waals surface area contributed by atoms with Crippen molar-refractivity contribution in [3.63, 3.8) is 0 Å². The van der Waals surface area contributed by atoms with Crippen LogP contribution >= 0.6 is 0 Å². The third-order valence-corrected chi connectivity index (χ3v) is 12.2. The van der Waals surface area contributed by atoms with Crippen LogP contribution in [0, 0.1) is 45.3 Å². The van der Waals surface area contributed by atoms with Crippen molar-refractivity contribution in [2.24, 2.45) is 45.3 Å². The highest BCUT2D eigenvalue weighted by Crippen LogP contribution is 2.74. The van der Waals surface area contributed by atoms with Gasteiger partial charge in [0.2, 0.25) is 0 Å². The fraction of sp³-hybridized carbons (Fsp3) is 0.867. The molecular weight excluding hydrogens is 456 g/mol. The van der Waals surface area contributed by atoms with Crippen LogP contribution in [0.15, 0.2) is 11.6 Å². The quantitative estimate of drug-likeness (QED) is 0.471. The van der Waals surface area contributed by atoms with Gasteiger partial charge in [0.1, 0.15) is 11.6 Å². The molecule has 202 valence electrons. The van der Waals surface area contributed by atoms with Crippen molar-refractivity contribution >= 4 is 11.6 Å². The van der Waals surface area contributed by atoms with Gasteiger partial charge in [0.15, 0.2) is 0 Å². The van der Waals surface area contributed by atoms with E-state index in [1.165, 1.54) is 0 Å². The summed E-state index contributed by atoms with van der Waals surface area (Å²) >= 11 is 0. The molecule has 0 amide bonds. The van der Waals surface area contributed by atoms with Crippen LogP contribution in [0.5, 0.6) is 0 Å². The summed E-state index contributed by atoms with van der Waals surface area (Å²) in [6, 6.07) is 0. The SMILES string of the molecule is C[C@H]1C(=O)C[C@@H](C(C)(C)O)O[C@H]2C[C@@]3(C)[C@@H]4CC=C5[C@@H](CC(O)[C@@H](O)C5(C)C)[C@]4(C)C(=O)CC3(C)[C@H]21. The predicted molar refractivity (Wildman–Crippen MR) is 136 cm³/mol. The molecule has 0 bridgehead atoms. The molecule has 3 N–H and O–H groups in total. The molecule has 6 heteroatoms. The Labute approximate surface area is 215 Å². The summed E-state index contributed by atoms with van der Waals surface area (Å²) < 4.78 is 6.61. The molecule has 0 aromatic rings. The fourth-order valence-corrected chi connectivity index (χ4v) is 9.82. The zero-order valence-corrected chi connectivity index (χ0v) is 23.3. The Hall–Kier alpha value is -1.08. The number of hydrogen-bond donors (Lipinski definition) is 3. The number of ketones is 2. The van der Waals surface area contributed by atoms with E-state index < -0.39 is 40.2 Å². The van der Waals surface area contributed by atoms with Crippen LogP contribution in [0.25, 0.3) is 0 Å². The van der Waals surface area contributed by atoms with Gasteiger partial charge < -0.3 is 20.1 Å². The van der Waals surface area contributed by atoms with Gasteiger partial charge in [-0.3, -0.25) is 9.59 Å². The molecule has 36 heavy (non-hydrogen) atoms.